The Balaban J connectivity index is 2.37. The minimum atomic E-state index is 1.08. The summed E-state index contributed by atoms with van der Waals surface area (Å²) in [6, 6.07) is 19.2. The topological polar surface area (TPSA) is 0 Å². The molecule has 0 aromatic heterocycles. The summed E-state index contributed by atoms with van der Waals surface area (Å²) in [5.74, 6) is 0. The van der Waals surface area contributed by atoms with E-state index < -0.39 is 0 Å². The predicted octanol–water partition coefficient (Wildman–Crippen LogP) is 5.41. The van der Waals surface area contributed by atoms with E-state index >= 15 is 0 Å². The van der Waals surface area contributed by atoms with Gasteiger partial charge in [0, 0.05) is 4.90 Å². The predicted molar refractivity (Wildman–Crippen MR) is 86.1 cm³/mol. The highest BCUT2D eigenvalue weighted by Crippen LogP contribution is 2.35. The van der Waals surface area contributed by atoms with Crippen molar-refractivity contribution in [1.29, 1.82) is 0 Å². The number of rotatable bonds is 1. The maximum absolute atomic E-state index is 4.75. The van der Waals surface area contributed by atoms with Crippen LogP contribution in [0.15, 0.2) is 59.5 Å². The van der Waals surface area contributed by atoms with Crippen molar-refractivity contribution in [3.63, 3.8) is 0 Å². The Hall–Kier alpha value is -1.73. The molecule has 0 aliphatic rings. The number of hydrogen-bond donors (Lipinski definition) is 1. The highest BCUT2D eigenvalue weighted by molar-refractivity contribution is 7.80. The first-order chi connectivity index (χ1) is 9.18. The van der Waals surface area contributed by atoms with Gasteiger partial charge < -0.3 is 0 Å². The molecule has 0 aliphatic carbocycles. The van der Waals surface area contributed by atoms with Crippen molar-refractivity contribution in [2.75, 3.05) is 0 Å². The molecule has 0 spiro atoms. The standard InChI is InChI=1S/C18H16S/c1-12-7-3-5-9-15(12)17-11-14-8-4-6-10-16(14)13(2)18(17)19/h3-11,19H,1-2H3. The number of aryl methyl sites for hydroxylation is 2. The molecule has 0 saturated heterocycles. The molecule has 0 unspecified atom stereocenters. The van der Waals surface area contributed by atoms with Crippen LogP contribution in [0.2, 0.25) is 0 Å². The molecule has 0 nitrogen and oxygen atoms in total. The van der Waals surface area contributed by atoms with E-state index in [1.165, 1.54) is 33.0 Å². The molecule has 0 fully saturated rings. The van der Waals surface area contributed by atoms with E-state index in [0.717, 1.165) is 4.90 Å². The Bertz CT molecular complexity index is 757. The van der Waals surface area contributed by atoms with Crippen molar-refractivity contribution < 1.29 is 0 Å². The Morgan fingerprint density at radius 3 is 2.26 bits per heavy atom. The summed E-state index contributed by atoms with van der Waals surface area (Å²) >= 11 is 4.75. The zero-order chi connectivity index (χ0) is 13.4. The molecule has 1 heteroatoms. The highest BCUT2D eigenvalue weighted by Gasteiger charge is 2.10. The molecular formula is C18H16S. The second kappa shape index (κ2) is 4.75. The first-order valence-electron chi connectivity index (χ1n) is 6.46. The van der Waals surface area contributed by atoms with Gasteiger partial charge in [0.1, 0.15) is 0 Å². The van der Waals surface area contributed by atoms with Crippen LogP contribution in [-0.4, -0.2) is 0 Å². The monoisotopic (exact) mass is 264 g/mol. The Kier molecular flexibility index (Phi) is 3.08. The van der Waals surface area contributed by atoms with Gasteiger partial charge in [-0.15, -0.1) is 12.6 Å². The SMILES string of the molecule is Cc1ccccc1-c1cc2ccccc2c(C)c1S. The van der Waals surface area contributed by atoms with E-state index in [9.17, 15) is 0 Å². The van der Waals surface area contributed by atoms with Gasteiger partial charge in [0.15, 0.2) is 0 Å². The van der Waals surface area contributed by atoms with Crippen LogP contribution < -0.4 is 0 Å². The van der Waals surface area contributed by atoms with Crippen LogP contribution in [0.1, 0.15) is 11.1 Å². The summed E-state index contributed by atoms with van der Waals surface area (Å²) in [5, 5.41) is 2.56. The van der Waals surface area contributed by atoms with Gasteiger partial charge in [-0.25, -0.2) is 0 Å². The van der Waals surface area contributed by atoms with E-state index in [1.54, 1.807) is 0 Å². The molecule has 0 atom stereocenters. The molecule has 0 heterocycles. The molecule has 0 amide bonds. The Morgan fingerprint density at radius 1 is 0.789 bits per heavy atom. The van der Waals surface area contributed by atoms with Crippen molar-refractivity contribution >= 4 is 23.4 Å². The van der Waals surface area contributed by atoms with Crippen molar-refractivity contribution in [2.45, 2.75) is 18.7 Å². The van der Waals surface area contributed by atoms with Gasteiger partial charge in [-0.05, 0) is 52.9 Å². The van der Waals surface area contributed by atoms with Crippen molar-refractivity contribution in [3.05, 3.63) is 65.7 Å². The van der Waals surface area contributed by atoms with Crippen molar-refractivity contribution in [1.82, 2.24) is 0 Å². The molecule has 0 bridgehead atoms. The van der Waals surface area contributed by atoms with Crippen LogP contribution in [0.25, 0.3) is 21.9 Å². The van der Waals surface area contributed by atoms with Crippen LogP contribution in [-0.2, 0) is 0 Å². The third kappa shape index (κ3) is 2.04. The minimum absolute atomic E-state index is 1.08. The van der Waals surface area contributed by atoms with Gasteiger partial charge in [0.25, 0.3) is 0 Å². The van der Waals surface area contributed by atoms with Crippen LogP contribution in [0, 0.1) is 13.8 Å². The number of thiol groups is 1. The molecule has 0 N–H and O–H groups in total. The summed E-state index contributed by atoms with van der Waals surface area (Å²) in [6.45, 7) is 4.29. The fourth-order valence-corrected chi connectivity index (χ4v) is 2.90. The fourth-order valence-electron chi connectivity index (χ4n) is 2.60. The molecule has 94 valence electrons. The van der Waals surface area contributed by atoms with Gasteiger partial charge in [-0.2, -0.15) is 0 Å². The first kappa shape index (κ1) is 12.3. The second-order valence-corrected chi connectivity index (χ2v) is 5.38. The van der Waals surface area contributed by atoms with Crippen LogP contribution in [0.4, 0.5) is 0 Å². The molecule has 0 radical (unpaired) electrons. The summed E-state index contributed by atoms with van der Waals surface area (Å²) < 4.78 is 0. The summed E-state index contributed by atoms with van der Waals surface area (Å²) in [4.78, 5) is 1.08. The van der Waals surface area contributed by atoms with Crippen LogP contribution in [0.3, 0.4) is 0 Å². The average Bonchev–Trinajstić information content (AvgIpc) is 2.44. The molecule has 3 aromatic carbocycles. The van der Waals surface area contributed by atoms with E-state index in [-0.39, 0.29) is 0 Å². The van der Waals surface area contributed by atoms with Crippen LogP contribution >= 0.6 is 12.6 Å². The highest BCUT2D eigenvalue weighted by atomic mass is 32.1. The van der Waals surface area contributed by atoms with Gasteiger partial charge >= 0.3 is 0 Å². The normalized spacial score (nSPS) is 10.9. The maximum Gasteiger partial charge on any atom is 0.0154 e. The number of fused-ring (bicyclic) bond motifs is 1. The summed E-state index contributed by atoms with van der Waals surface area (Å²) in [5.41, 5.74) is 5.02. The minimum Gasteiger partial charge on any atom is -0.142 e. The lowest BCUT2D eigenvalue weighted by molar-refractivity contribution is 1.33. The van der Waals surface area contributed by atoms with E-state index in [0.29, 0.717) is 0 Å². The number of benzene rings is 3. The lowest BCUT2D eigenvalue weighted by atomic mass is 9.95. The molecular weight excluding hydrogens is 248 g/mol. The second-order valence-electron chi connectivity index (χ2n) is 4.93. The number of hydrogen-bond acceptors (Lipinski definition) is 1. The summed E-state index contributed by atoms with van der Waals surface area (Å²) in [6.07, 6.45) is 0. The molecule has 0 aliphatic heterocycles. The maximum atomic E-state index is 4.75. The van der Waals surface area contributed by atoms with E-state index in [1.807, 2.05) is 0 Å². The van der Waals surface area contributed by atoms with Gasteiger partial charge in [-0.3, -0.25) is 0 Å². The lowest BCUT2D eigenvalue weighted by Crippen LogP contribution is -1.89. The zero-order valence-corrected chi connectivity index (χ0v) is 12.0. The zero-order valence-electron chi connectivity index (χ0n) is 11.1. The van der Waals surface area contributed by atoms with E-state index in [2.05, 4.69) is 68.4 Å². The smallest absolute Gasteiger partial charge is 0.0154 e. The van der Waals surface area contributed by atoms with Gasteiger partial charge in [0.05, 0.1) is 0 Å². The first-order valence-corrected chi connectivity index (χ1v) is 6.90. The van der Waals surface area contributed by atoms with Gasteiger partial charge in [0.2, 0.25) is 0 Å². The molecule has 3 aromatic rings. The van der Waals surface area contributed by atoms with Gasteiger partial charge in [-0.1, -0.05) is 48.5 Å². The Morgan fingerprint density at radius 2 is 1.47 bits per heavy atom. The molecule has 19 heavy (non-hydrogen) atoms. The van der Waals surface area contributed by atoms with Crippen LogP contribution in [0.5, 0.6) is 0 Å². The summed E-state index contributed by atoms with van der Waals surface area (Å²) in [7, 11) is 0. The van der Waals surface area contributed by atoms with Crippen molar-refractivity contribution in [3.8, 4) is 11.1 Å². The van der Waals surface area contributed by atoms with E-state index in [4.69, 9.17) is 12.6 Å². The Labute approximate surface area is 119 Å². The van der Waals surface area contributed by atoms with Crippen molar-refractivity contribution in [2.24, 2.45) is 0 Å². The quantitative estimate of drug-likeness (QED) is 0.558. The third-order valence-electron chi connectivity index (χ3n) is 3.71. The lowest BCUT2D eigenvalue weighted by Gasteiger charge is -2.13. The molecule has 3 rings (SSSR count). The third-order valence-corrected chi connectivity index (χ3v) is 4.29. The molecule has 0 saturated carbocycles. The fraction of sp³-hybridized carbons (Fsp3) is 0.111. The largest absolute Gasteiger partial charge is 0.142 e. The average molecular weight is 264 g/mol.